The minimum Gasteiger partial charge on any atom is -0.351 e. The van der Waals surface area contributed by atoms with E-state index < -0.39 is 11.4 Å². The van der Waals surface area contributed by atoms with E-state index in [0.717, 1.165) is 22.7 Å². The van der Waals surface area contributed by atoms with Crippen LogP contribution in [-0.4, -0.2) is 31.7 Å². The van der Waals surface area contributed by atoms with Crippen molar-refractivity contribution in [2.45, 2.75) is 31.5 Å². The maximum Gasteiger partial charge on any atom is 0.283 e. The molecule has 2 N–H and O–H groups in total. The fourth-order valence-corrected chi connectivity index (χ4v) is 4.07. The Labute approximate surface area is 176 Å². The number of amides is 1. The first-order valence-electron chi connectivity index (χ1n) is 9.47. The molecule has 0 aliphatic carbocycles. The van der Waals surface area contributed by atoms with Crippen molar-refractivity contribution in [3.8, 4) is 5.69 Å². The first-order valence-corrected chi connectivity index (χ1v) is 10.5. The lowest BCUT2D eigenvalue weighted by atomic mass is 10.1. The van der Waals surface area contributed by atoms with Crippen LogP contribution in [0, 0.1) is 5.82 Å². The lowest BCUT2D eigenvalue weighted by Gasteiger charge is -2.20. The van der Waals surface area contributed by atoms with Gasteiger partial charge in [-0.1, -0.05) is 42.1 Å². The molecule has 0 bridgehead atoms. The Morgan fingerprint density at radius 3 is 2.60 bits per heavy atom. The van der Waals surface area contributed by atoms with E-state index in [9.17, 15) is 14.0 Å². The van der Waals surface area contributed by atoms with Crippen molar-refractivity contribution in [2.75, 3.05) is 5.75 Å². The Bertz CT molecular complexity index is 1320. The number of thioether (sulfide) groups is 1. The standard InChI is InChI=1S/C22H21FN4O2S/c1-22(2,3)26-17(28)12-30-21-25-18-13-8-4-6-10-15(13)24-19(18)20(29)27(21)16-11-7-5-9-14(16)23/h4-11,24H,12H2,1-3H3,(H,26,28). The minimum atomic E-state index is -0.544. The number of para-hydroxylation sites is 2. The zero-order valence-electron chi connectivity index (χ0n) is 16.8. The number of hydrogen-bond acceptors (Lipinski definition) is 4. The molecule has 0 aliphatic heterocycles. The number of aromatic nitrogens is 3. The Kier molecular flexibility index (Phi) is 5.11. The number of aromatic amines is 1. The van der Waals surface area contributed by atoms with Gasteiger partial charge in [0.2, 0.25) is 5.91 Å². The third-order valence-corrected chi connectivity index (χ3v) is 5.37. The minimum absolute atomic E-state index is 0.0476. The number of rotatable bonds is 4. The van der Waals surface area contributed by atoms with E-state index >= 15 is 0 Å². The molecule has 1 amide bonds. The predicted molar refractivity (Wildman–Crippen MR) is 118 cm³/mol. The van der Waals surface area contributed by atoms with Gasteiger partial charge in [0, 0.05) is 16.4 Å². The molecule has 0 atom stereocenters. The molecular weight excluding hydrogens is 403 g/mol. The molecule has 4 rings (SSSR count). The summed E-state index contributed by atoms with van der Waals surface area (Å²) >= 11 is 1.10. The molecule has 2 aromatic carbocycles. The van der Waals surface area contributed by atoms with E-state index in [1.54, 1.807) is 12.1 Å². The maximum absolute atomic E-state index is 14.6. The molecule has 0 radical (unpaired) electrons. The maximum atomic E-state index is 14.6. The van der Waals surface area contributed by atoms with Gasteiger partial charge in [0.05, 0.1) is 11.4 Å². The molecular formula is C22H21FN4O2S. The Morgan fingerprint density at radius 1 is 1.17 bits per heavy atom. The van der Waals surface area contributed by atoms with Crippen LogP contribution in [-0.2, 0) is 4.79 Å². The molecule has 8 heteroatoms. The summed E-state index contributed by atoms with van der Waals surface area (Å²) in [6.45, 7) is 5.67. The molecule has 4 aromatic rings. The number of carbonyl (C=O) groups excluding carboxylic acids is 1. The molecule has 0 fully saturated rings. The van der Waals surface area contributed by atoms with Gasteiger partial charge in [0.15, 0.2) is 5.16 Å². The van der Waals surface area contributed by atoms with Crippen LogP contribution in [0.5, 0.6) is 0 Å². The van der Waals surface area contributed by atoms with Crippen molar-refractivity contribution in [2.24, 2.45) is 0 Å². The summed E-state index contributed by atoms with van der Waals surface area (Å²) in [6, 6.07) is 13.5. The summed E-state index contributed by atoms with van der Waals surface area (Å²) in [5.74, 6) is -0.690. The molecule has 154 valence electrons. The zero-order chi connectivity index (χ0) is 21.5. The van der Waals surface area contributed by atoms with Crippen LogP contribution in [0.25, 0.3) is 27.6 Å². The number of nitrogens with zero attached hydrogens (tertiary/aromatic N) is 2. The van der Waals surface area contributed by atoms with Gasteiger partial charge in [-0.2, -0.15) is 0 Å². The summed E-state index contributed by atoms with van der Waals surface area (Å²) in [7, 11) is 0. The van der Waals surface area contributed by atoms with Crippen molar-refractivity contribution >= 4 is 39.6 Å². The van der Waals surface area contributed by atoms with E-state index in [4.69, 9.17) is 0 Å². The molecule has 0 saturated carbocycles. The van der Waals surface area contributed by atoms with Gasteiger partial charge in [-0.25, -0.2) is 9.37 Å². The van der Waals surface area contributed by atoms with Gasteiger partial charge < -0.3 is 10.3 Å². The number of fused-ring (bicyclic) bond motifs is 3. The van der Waals surface area contributed by atoms with Crippen LogP contribution in [0.4, 0.5) is 4.39 Å². The average molecular weight is 425 g/mol. The van der Waals surface area contributed by atoms with Gasteiger partial charge in [0.1, 0.15) is 16.9 Å². The number of benzene rings is 2. The van der Waals surface area contributed by atoms with Gasteiger partial charge in [-0.05, 0) is 39.0 Å². The Balaban J connectivity index is 1.88. The molecule has 0 unspecified atom stereocenters. The monoisotopic (exact) mass is 424 g/mol. The summed E-state index contributed by atoms with van der Waals surface area (Å²) in [5.41, 5.74) is 0.862. The first kappa shape index (κ1) is 20.2. The largest absolute Gasteiger partial charge is 0.351 e. The van der Waals surface area contributed by atoms with E-state index in [2.05, 4.69) is 15.3 Å². The normalized spacial score (nSPS) is 11.9. The topological polar surface area (TPSA) is 79.8 Å². The Morgan fingerprint density at radius 2 is 1.87 bits per heavy atom. The number of carbonyl (C=O) groups is 1. The summed E-state index contributed by atoms with van der Waals surface area (Å²) in [5, 5.41) is 3.93. The second kappa shape index (κ2) is 7.60. The van der Waals surface area contributed by atoms with Crippen molar-refractivity contribution in [1.82, 2.24) is 19.9 Å². The first-order chi connectivity index (χ1) is 14.2. The van der Waals surface area contributed by atoms with Gasteiger partial charge in [0.25, 0.3) is 5.56 Å². The highest BCUT2D eigenvalue weighted by molar-refractivity contribution is 7.99. The molecule has 30 heavy (non-hydrogen) atoms. The molecule has 2 aromatic heterocycles. The van der Waals surface area contributed by atoms with Crippen LogP contribution >= 0.6 is 11.8 Å². The van der Waals surface area contributed by atoms with E-state index in [1.165, 1.54) is 16.7 Å². The highest BCUT2D eigenvalue weighted by atomic mass is 32.2. The van der Waals surface area contributed by atoms with Crippen molar-refractivity contribution < 1.29 is 9.18 Å². The fraction of sp³-hybridized carbons (Fsp3) is 0.227. The van der Waals surface area contributed by atoms with E-state index in [0.29, 0.717) is 11.0 Å². The van der Waals surface area contributed by atoms with Crippen molar-refractivity contribution in [3.05, 3.63) is 64.7 Å². The fourth-order valence-electron chi connectivity index (χ4n) is 3.27. The number of halogens is 1. The lowest BCUT2D eigenvalue weighted by molar-refractivity contribution is -0.119. The smallest absolute Gasteiger partial charge is 0.283 e. The SMILES string of the molecule is CC(C)(C)NC(=O)CSc1nc2c([nH]c3ccccc32)c(=O)n1-c1ccccc1F. The lowest BCUT2D eigenvalue weighted by Crippen LogP contribution is -2.41. The number of H-pyrrole nitrogens is 1. The average Bonchev–Trinajstić information content (AvgIpc) is 3.05. The third-order valence-electron chi connectivity index (χ3n) is 4.43. The van der Waals surface area contributed by atoms with Crippen LogP contribution in [0.1, 0.15) is 20.8 Å². The highest BCUT2D eigenvalue weighted by Crippen LogP contribution is 2.27. The predicted octanol–water partition coefficient (Wildman–Crippen LogP) is 4.01. The molecule has 0 aliphatic rings. The van der Waals surface area contributed by atoms with E-state index in [1.807, 2.05) is 45.0 Å². The quantitative estimate of drug-likeness (QED) is 0.383. The van der Waals surface area contributed by atoms with Crippen LogP contribution in [0.2, 0.25) is 0 Å². The summed E-state index contributed by atoms with van der Waals surface area (Å²) < 4.78 is 15.8. The van der Waals surface area contributed by atoms with Crippen LogP contribution in [0.3, 0.4) is 0 Å². The zero-order valence-corrected chi connectivity index (χ0v) is 17.6. The van der Waals surface area contributed by atoms with Crippen LogP contribution in [0.15, 0.2) is 58.5 Å². The second-order valence-corrected chi connectivity index (χ2v) is 8.91. The number of hydrogen-bond donors (Lipinski definition) is 2. The summed E-state index contributed by atoms with van der Waals surface area (Å²) in [4.78, 5) is 33.4. The van der Waals surface area contributed by atoms with Crippen molar-refractivity contribution in [3.63, 3.8) is 0 Å². The van der Waals surface area contributed by atoms with E-state index in [-0.39, 0.29) is 28.0 Å². The summed E-state index contributed by atoms with van der Waals surface area (Å²) in [6.07, 6.45) is 0. The third kappa shape index (κ3) is 3.82. The highest BCUT2D eigenvalue weighted by Gasteiger charge is 2.20. The molecule has 0 spiro atoms. The molecule has 0 saturated heterocycles. The van der Waals surface area contributed by atoms with Gasteiger partial charge in [-0.15, -0.1) is 0 Å². The number of nitrogens with one attached hydrogen (secondary N) is 2. The second-order valence-electron chi connectivity index (χ2n) is 7.97. The van der Waals surface area contributed by atoms with Gasteiger partial charge >= 0.3 is 0 Å². The molecule has 6 nitrogen and oxygen atoms in total. The van der Waals surface area contributed by atoms with Gasteiger partial charge in [-0.3, -0.25) is 14.2 Å². The Hall–Kier alpha value is -3.13. The van der Waals surface area contributed by atoms with Crippen LogP contribution < -0.4 is 10.9 Å². The van der Waals surface area contributed by atoms with Crippen molar-refractivity contribution in [1.29, 1.82) is 0 Å². The molecule has 2 heterocycles.